The first-order valence-corrected chi connectivity index (χ1v) is 12.2. The summed E-state index contributed by atoms with van der Waals surface area (Å²) in [6.07, 6.45) is 0.757. The zero-order valence-corrected chi connectivity index (χ0v) is 21.0. The largest absolute Gasteiger partial charge is 0.497 e. The second-order valence-corrected chi connectivity index (χ2v) is 9.67. The van der Waals surface area contributed by atoms with Crippen molar-refractivity contribution in [3.63, 3.8) is 0 Å². The molecule has 3 aromatic rings. The average molecular weight is 508 g/mol. The second kappa shape index (κ2) is 9.40. The van der Waals surface area contributed by atoms with Crippen LogP contribution in [0.5, 0.6) is 11.5 Å². The van der Waals surface area contributed by atoms with Gasteiger partial charge >= 0.3 is 0 Å². The Balaban J connectivity index is 1.52. The Labute approximate surface area is 215 Å². The molecular formula is C27H26ClN3O3S. The number of halogens is 1. The number of fused-ring (bicyclic) bond motifs is 4. The van der Waals surface area contributed by atoms with Crippen molar-refractivity contribution in [1.82, 2.24) is 10.2 Å². The predicted octanol–water partition coefficient (Wildman–Crippen LogP) is 5.19. The minimum Gasteiger partial charge on any atom is -0.497 e. The van der Waals surface area contributed by atoms with Crippen LogP contribution in [0, 0.1) is 5.92 Å². The van der Waals surface area contributed by atoms with Crippen LogP contribution >= 0.6 is 23.8 Å². The Hall–Kier alpha value is -3.29. The van der Waals surface area contributed by atoms with Crippen molar-refractivity contribution in [2.45, 2.75) is 25.1 Å². The van der Waals surface area contributed by atoms with Crippen LogP contribution < -0.4 is 20.1 Å². The van der Waals surface area contributed by atoms with E-state index < -0.39 is 11.6 Å². The van der Waals surface area contributed by atoms with Gasteiger partial charge in [-0.3, -0.25) is 4.79 Å². The highest BCUT2D eigenvalue weighted by Crippen LogP contribution is 2.49. The number of thiocarbonyl (C=S) groups is 1. The molecule has 0 radical (unpaired) electrons. The number of hydrogen-bond acceptors (Lipinski definition) is 4. The number of amides is 1. The van der Waals surface area contributed by atoms with Crippen LogP contribution in [0.4, 0.5) is 5.69 Å². The predicted molar refractivity (Wildman–Crippen MR) is 141 cm³/mol. The fourth-order valence-corrected chi connectivity index (χ4v) is 5.44. The molecular weight excluding hydrogens is 482 g/mol. The van der Waals surface area contributed by atoms with Gasteiger partial charge in [0.15, 0.2) is 10.8 Å². The molecule has 35 heavy (non-hydrogen) atoms. The summed E-state index contributed by atoms with van der Waals surface area (Å²) in [4.78, 5) is 15.8. The lowest BCUT2D eigenvalue weighted by atomic mass is 9.78. The number of rotatable bonds is 6. The molecule has 2 heterocycles. The topological polar surface area (TPSA) is 62.8 Å². The highest BCUT2D eigenvalue weighted by Gasteiger charge is 2.58. The molecule has 8 heteroatoms. The molecule has 2 aliphatic heterocycles. The van der Waals surface area contributed by atoms with Crippen LogP contribution in [-0.2, 0) is 11.2 Å². The van der Waals surface area contributed by atoms with Gasteiger partial charge in [0.2, 0.25) is 5.91 Å². The molecule has 0 aliphatic carbocycles. The number of nitrogens with one attached hydrogen (secondary N) is 2. The third-order valence-corrected chi connectivity index (χ3v) is 7.29. The summed E-state index contributed by atoms with van der Waals surface area (Å²) in [5.74, 6) is 0.619. The van der Waals surface area contributed by atoms with Gasteiger partial charge in [-0.05, 0) is 73.6 Å². The Bertz CT molecular complexity index is 1250. The molecule has 2 bridgehead atoms. The van der Waals surface area contributed by atoms with E-state index in [1.807, 2.05) is 48.2 Å². The highest BCUT2D eigenvalue weighted by molar-refractivity contribution is 7.80. The standard InChI is InChI=1S/C27H26ClN3O3S/c1-27-23(25(32)29-19-10-8-18(28)9-11-19)24(21-16-20(33-2)12-13-22(21)34-27)30-26(35)31(27)15-14-17-6-4-3-5-7-17/h3-13,16,23-24H,14-15H2,1-2H3,(H,29,32)(H,30,35)/t23-,24+,27+/m0/s1. The van der Waals surface area contributed by atoms with Crippen LogP contribution in [0.15, 0.2) is 72.8 Å². The third-order valence-electron chi connectivity index (χ3n) is 6.70. The van der Waals surface area contributed by atoms with Crippen molar-refractivity contribution in [3.05, 3.63) is 88.9 Å². The molecule has 0 spiro atoms. The molecule has 180 valence electrons. The van der Waals surface area contributed by atoms with E-state index in [4.69, 9.17) is 33.3 Å². The molecule has 0 saturated carbocycles. The summed E-state index contributed by atoms with van der Waals surface area (Å²) in [6.45, 7) is 2.53. The van der Waals surface area contributed by atoms with E-state index in [0.29, 0.717) is 33.9 Å². The molecule has 2 aliphatic rings. The van der Waals surface area contributed by atoms with Gasteiger partial charge in [0.05, 0.1) is 13.2 Å². The lowest BCUT2D eigenvalue weighted by Gasteiger charge is -2.56. The van der Waals surface area contributed by atoms with Gasteiger partial charge in [-0.2, -0.15) is 0 Å². The van der Waals surface area contributed by atoms with Crippen LogP contribution in [0.25, 0.3) is 0 Å². The van der Waals surface area contributed by atoms with Crippen LogP contribution in [0.2, 0.25) is 5.02 Å². The lowest BCUT2D eigenvalue weighted by Crippen LogP contribution is -2.71. The van der Waals surface area contributed by atoms with Gasteiger partial charge in [0, 0.05) is 22.8 Å². The molecule has 3 atom stereocenters. The summed E-state index contributed by atoms with van der Waals surface area (Å²) in [7, 11) is 1.62. The Morgan fingerprint density at radius 1 is 1.17 bits per heavy atom. The first-order valence-electron chi connectivity index (χ1n) is 11.4. The van der Waals surface area contributed by atoms with Crippen molar-refractivity contribution in [2.75, 3.05) is 19.0 Å². The number of methoxy groups -OCH3 is 1. The second-order valence-electron chi connectivity index (χ2n) is 8.85. The molecule has 0 aromatic heterocycles. The Morgan fingerprint density at radius 3 is 2.63 bits per heavy atom. The smallest absolute Gasteiger partial charge is 0.236 e. The first-order chi connectivity index (χ1) is 16.9. The SMILES string of the molecule is COc1ccc2c(c1)[C@H]1NC(=S)N(CCc3ccccc3)[C@](C)(O2)[C@@H]1C(=O)Nc1ccc(Cl)cc1. The van der Waals surface area contributed by atoms with Gasteiger partial charge in [0.25, 0.3) is 0 Å². The number of anilines is 1. The van der Waals surface area contributed by atoms with Gasteiger partial charge in [-0.25, -0.2) is 0 Å². The minimum absolute atomic E-state index is 0.173. The monoisotopic (exact) mass is 507 g/mol. The van der Waals surface area contributed by atoms with Crippen molar-refractivity contribution in [1.29, 1.82) is 0 Å². The molecule has 6 nitrogen and oxygen atoms in total. The minimum atomic E-state index is -1.00. The van der Waals surface area contributed by atoms with E-state index in [0.717, 1.165) is 12.0 Å². The molecule has 1 fully saturated rings. The maximum Gasteiger partial charge on any atom is 0.236 e. The van der Waals surface area contributed by atoms with E-state index in [-0.39, 0.29) is 11.9 Å². The van der Waals surface area contributed by atoms with E-state index in [2.05, 4.69) is 22.8 Å². The van der Waals surface area contributed by atoms with E-state index >= 15 is 0 Å². The number of nitrogens with zero attached hydrogens (tertiary/aromatic N) is 1. The Kier molecular flexibility index (Phi) is 6.30. The molecule has 0 unspecified atom stereocenters. The third kappa shape index (κ3) is 4.42. The number of carbonyl (C=O) groups is 1. The summed E-state index contributed by atoms with van der Waals surface area (Å²) in [5, 5.41) is 7.63. The molecule has 5 rings (SSSR count). The zero-order valence-electron chi connectivity index (χ0n) is 19.5. The quantitative estimate of drug-likeness (QED) is 0.448. The first kappa shape index (κ1) is 23.5. The van der Waals surface area contributed by atoms with Gasteiger partial charge in [0.1, 0.15) is 17.4 Å². The van der Waals surface area contributed by atoms with Gasteiger partial charge in [-0.1, -0.05) is 41.9 Å². The summed E-state index contributed by atoms with van der Waals surface area (Å²) >= 11 is 11.8. The number of carbonyl (C=O) groups excluding carboxylic acids is 1. The van der Waals surface area contributed by atoms with Crippen LogP contribution in [0.1, 0.15) is 24.1 Å². The summed E-state index contributed by atoms with van der Waals surface area (Å²) in [5.41, 5.74) is 1.68. The van der Waals surface area contributed by atoms with Crippen molar-refractivity contribution in [3.8, 4) is 11.5 Å². The molecule has 2 N–H and O–H groups in total. The van der Waals surface area contributed by atoms with E-state index in [1.54, 1.807) is 31.4 Å². The van der Waals surface area contributed by atoms with Crippen molar-refractivity contribution in [2.24, 2.45) is 5.92 Å². The number of benzene rings is 3. The van der Waals surface area contributed by atoms with Crippen LogP contribution in [0.3, 0.4) is 0 Å². The summed E-state index contributed by atoms with van der Waals surface area (Å²) < 4.78 is 12.1. The van der Waals surface area contributed by atoms with Crippen molar-refractivity contribution < 1.29 is 14.3 Å². The molecule has 1 saturated heterocycles. The zero-order chi connectivity index (χ0) is 24.6. The fraction of sp³-hybridized carbons (Fsp3) is 0.259. The van der Waals surface area contributed by atoms with Crippen molar-refractivity contribution >= 4 is 40.5 Å². The van der Waals surface area contributed by atoms with Gasteiger partial charge in [-0.15, -0.1) is 0 Å². The number of hydrogen-bond donors (Lipinski definition) is 2. The average Bonchev–Trinajstić information content (AvgIpc) is 2.85. The van der Waals surface area contributed by atoms with E-state index in [1.165, 1.54) is 5.56 Å². The fourth-order valence-electron chi connectivity index (χ4n) is 4.92. The molecule has 3 aromatic carbocycles. The highest BCUT2D eigenvalue weighted by atomic mass is 35.5. The lowest BCUT2D eigenvalue weighted by molar-refractivity contribution is -0.149. The van der Waals surface area contributed by atoms with Crippen LogP contribution in [-0.4, -0.2) is 35.3 Å². The van der Waals surface area contributed by atoms with Gasteiger partial charge < -0.3 is 25.0 Å². The van der Waals surface area contributed by atoms with E-state index in [9.17, 15) is 4.79 Å². The summed E-state index contributed by atoms with van der Waals surface area (Å²) in [6, 6.07) is 22.5. The maximum absolute atomic E-state index is 13.8. The normalized spacial score (nSPS) is 22.5. The maximum atomic E-state index is 13.8. The Morgan fingerprint density at radius 2 is 1.91 bits per heavy atom. The number of ether oxygens (including phenoxy) is 2. The molecule has 1 amide bonds.